The Labute approximate surface area is 375 Å². The lowest BCUT2D eigenvalue weighted by Gasteiger charge is -2.39. The second-order valence-electron chi connectivity index (χ2n) is 16.8. The van der Waals surface area contributed by atoms with Crippen molar-refractivity contribution in [1.82, 2.24) is 34.8 Å². The first-order chi connectivity index (χ1) is 30.4. The number of anilines is 2. The van der Waals surface area contributed by atoms with Crippen molar-refractivity contribution in [1.29, 1.82) is 0 Å². The Balaban J connectivity index is 0.689. The molecule has 0 bridgehead atoms. The number of hydrogen-bond acceptors (Lipinski definition) is 11. The van der Waals surface area contributed by atoms with Crippen LogP contribution in [0.5, 0.6) is 5.75 Å². The zero-order valence-electron chi connectivity index (χ0n) is 35.2. The van der Waals surface area contributed by atoms with E-state index in [0.717, 1.165) is 80.7 Å². The molecule has 4 aliphatic rings. The molecular weight excluding hydrogens is 852 g/mol. The van der Waals surface area contributed by atoms with Gasteiger partial charge in [0.2, 0.25) is 17.7 Å². The minimum atomic E-state index is -0.696. The van der Waals surface area contributed by atoms with Gasteiger partial charge >= 0.3 is 0 Å². The Morgan fingerprint density at radius 3 is 2.65 bits per heavy atom. The molecule has 2 aromatic carbocycles. The van der Waals surface area contributed by atoms with Crippen molar-refractivity contribution in [3.05, 3.63) is 87.5 Å². The van der Waals surface area contributed by atoms with Gasteiger partial charge in [0.1, 0.15) is 24.6 Å². The number of hydrogen-bond donors (Lipinski definition) is 3. The van der Waals surface area contributed by atoms with Crippen LogP contribution >= 0.6 is 23.2 Å². The van der Waals surface area contributed by atoms with E-state index in [0.29, 0.717) is 55.5 Å². The van der Waals surface area contributed by atoms with E-state index in [1.165, 1.54) is 12.1 Å². The molecule has 2 atom stereocenters. The number of nitrogens with one attached hydrogen (secondary N) is 2. The van der Waals surface area contributed by atoms with E-state index in [2.05, 4.69) is 25.6 Å². The van der Waals surface area contributed by atoms with Crippen LogP contribution in [0.3, 0.4) is 0 Å². The normalized spacial score (nSPS) is 18.9. The summed E-state index contributed by atoms with van der Waals surface area (Å²) in [5, 5.41) is 10.7. The number of ether oxygens (including phenoxy) is 2. The molecule has 4 amide bonds. The zero-order valence-corrected chi connectivity index (χ0v) is 36.7. The minimum Gasteiger partial charge on any atom is -0.482 e. The molecule has 0 spiro atoms. The molecule has 0 saturated carbocycles. The quantitative estimate of drug-likeness (QED) is 0.0619. The molecule has 18 heteroatoms. The number of amides is 4. The number of halogens is 3. The third-order valence-electron chi connectivity index (χ3n) is 12.5. The number of benzene rings is 2. The predicted molar refractivity (Wildman–Crippen MR) is 236 cm³/mol. The summed E-state index contributed by atoms with van der Waals surface area (Å²) in [7, 11) is 0. The van der Waals surface area contributed by atoms with Crippen LogP contribution in [0.15, 0.2) is 55.0 Å². The van der Waals surface area contributed by atoms with Crippen molar-refractivity contribution in [3.63, 3.8) is 0 Å². The van der Waals surface area contributed by atoms with Crippen LogP contribution in [0.4, 0.5) is 15.9 Å². The number of aromatic nitrogens is 3. The van der Waals surface area contributed by atoms with Crippen molar-refractivity contribution in [2.75, 3.05) is 63.5 Å². The average molecular weight is 905 g/mol. The number of unbranched alkanes of at least 4 members (excludes halogenated alkanes) is 2. The van der Waals surface area contributed by atoms with Crippen LogP contribution in [0.25, 0.3) is 11.1 Å². The van der Waals surface area contributed by atoms with Crippen LogP contribution in [-0.2, 0) is 25.7 Å². The second kappa shape index (κ2) is 19.6. The van der Waals surface area contributed by atoms with Crippen molar-refractivity contribution < 1.29 is 33.0 Å². The third-order valence-corrected chi connectivity index (χ3v) is 13.2. The van der Waals surface area contributed by atoms with Crippen LogP contribution in [0.1, 0.15) is 85.5 Å². The summed E-state index contributed by atoms with van der Waals surface area (Å²) in [6.45, 7) is 7.78. The van der Waals surface area contributed by atoms with Crippen molar-refractivity contribution in [2.45, 2.75) is 76.6 Å². The molecule has 4 aliphatic heterocycles. The highest BCUT2D eigenvalue weighted by Crippen LogP contribution is 2.38. The maximum absolute atomic E-state index is 14.2. The Morgan fingerprint density at radius 2 is 1.86 bits per heavy atom. The fourth-order valence-corrected chi connectivity index (χ4v) is 9.58. The van der Waals surface area contributed by atoms with Crippen LogP contribution in [0, 0.1) is 11.7 Å². The summed E-state index contributed by atoms with van der Waals surface area (Å²) in [5.41, 5.74) is 10.5. The molecule has 3 fully saturated rings. The number of nitrogen functional groups attached to an aromatic ring is 1. The molecule has 334 valence electrons. The summed E-state index contributed by atoms with van der Waals surface area (Å²) in [5.74, 6) is -0.463. The van der Waals surface area contributed by atoms with Crippen molar-refractivity contribution >= 4 is 58.3 Å². The SMILES string of the molecule is C[C@H](Oc1cc(-c2cnn(C3CCN(C(=O)COCCCCCN4CC(CNc5cccc6c5CN(C5CCC(=O)NC5=O)C6=O)C4)CC3)c2)cnc1N)c1c(Cl)ccc(F)c1Cl. The Hall–Kier alpha value is -5.29. The smallest absolute Gasteiger partial charge is 0.255 e. The Morgan fingerprint density at radius 1 is 1.05 bits per heavy atom. The molecule has 3 saturated heterocycles. The molecule has 8 rings (SSSR count). The van der Waals surface area contributed by atoms with Gasteiger partial charge in [0.25, 0.3) is 5.91 Å². The summed E-state index contributed by atoms with van der Waals surface area (Å²) in [6.07, 6.45) is 9.76. The molecule has 2 aromatic heterocycles. The van der Waals surface area contributed by atoms with Gasteiger partial charge < -0.3 is 35.2 Å². The van der Waals surface area contributed by atoms with Crippen LogP contribution < -0.4 is 21.1 Å². The van der Waals surface area contributed by atoms with E-state index >= 15 is 0 Å². The summed E-state index contributed by atoms with van der Waals surface area (Å²) in [6, 6.07) is 9.56. The number of piperidine rings is 2. The highest BCUT2D eigenvalue weighted by atomic mass is 35.5. The lowest BCUT2D eigenvalue weighted by molar-refractivity contribution is -0.138. The molecule has 4 N–H and O–H groups in total. The third kappa shape index (κ3) is 10.1. The van der Waals surface area contributed by atoms with E-state index in [1.807, 2.05) is 27.9 Å². The zero-order chi connectivity index (χ0) is 44.2. The number of carbonyl (C=O) groups is 4. The van der Waals surface area contributed by atoms with E-state index in [-0.39, 0.29) is 52.7 Å². The maximum atomic E-state index is 14.2. The highest BCUT2D eigenvalue weighted by Gasteiger charge is 2.40. The fraction of sp³-hybridized carbons (Fsp3) is 0.467. The van der Waals surface area contributed by atoms with E-state index < -0.39 is 23.9 Å². The predicted octanol–water partition coefficient (Wildman–Crippen LogP) is 6.27. The molecule has 63 heavy (non-hydrogen) atoms. The minimum absolute atomic E-state index is 0.00375. The van der Waals surface area contributed by atoms with Crippen LogP contribution in [0.2, 0.25) is 10.0 Å². The van der Waals surface area contributed by atoms with Crippen molar-refractivity contribution in [2.24, 2.45) is 5.92 Å². The number of nitrogens with two attached hydrogens (primary N) is 1. The molecule has 15 nitrogen and oxygen atoms in total. The Bertz CT molecular complexity index is 2350. The molecule has 1 unspecified atom stereocenters. The number of pyridine rings is 1. The number of nitrogens with zero attached hydrogens (tertiary/aromatic N) is 6. The van der Waals surface area contributed by atoms with Gasteiger partial charge in [-0.2, -0.15) is 5.10 Å². The van der Waals surface area contributed by atoms with Gasteiger partial charge in [-0.15, -0.1) is 0 Å². The lowest BCUT2D eigenvalue weighted by Crippen LogP contribution is -2.52. The first kappa shape index (κ1) is 44.3. The van der Waals surface area contributed by atoms with Crippen molar-refractivity contribution in [3.8, 4) is 16.9 Å². The second-order valence-corrected chi connectivity index (χ2v) is 17.6. The number of carbonyl (C=O) groups excluding carboxylic acids is 4. The van der Waals surface area contributed by atoms with Gasteiger partial charge in [-0.05, 0) is 82.3 Å². The highest BCUT2D eigenvalue weighted by molar-refractivity contribution is 6.36. The van der Waals surface area contributed by atoms with E-state index in [9.17, 15) is 23.6 Å². The molecule has 0 aliphatic carbocycles. The van der Waals surface area contributed by atoms with Gasteiger partial charge in [0.15, 0.2) is 11.6 Å². The summed E-state index contributed by atoms with van der Waals surface area (Å²) in [4.78, 5) is 60.3. The van der Waals surface area contributed by atoms with E-state index in [4.69, 9.17) is 38.4 Å². The van der Waals surface area contributed by atoms with Gasteiger partial charge in [-0.25, -0.2) is 9.37 Å². The fourth-order valence-electron chi connectivity index (χ4n) is 8.90. The topological polar surface area (TPSA) is 177 Å². The van der Waals surface area contributed by atoms with Gasteiger partial charge in [0.05, 0.1) is 17.3 Å². The van der Waals surface area contributed by atoms with Gasteiger partial charge in [-0.1, -0.05) is 29.3 Å². The monoisotopic (exact) mass is 903 g/mol. The number of fused-ring (bicyclic) bond motifs is 1. The van der Waals surface area contributed by atoms with Crippen LogP contribution in [-0.4, -0.2) is 112 Å². The lowest BCUT2D eigenvalue weighted by atomic mass is 9.99. The molecule has 4 aromatic rings. The molecule has 0 radical (unpaired) electrons. The summed E-state index contributed by atoms with van der Waals surface area (Å²) < 4.78 is 27.9. The Kier molecular flexibility index (Phi) is 13.8. The molecular formula is C45H52Cl2FN9O6. The first-order valence-electron chi connectivity index (χ1n) is 21.6. The maximum Gasteiger partial charge on any atom is 0.255 e. The molecule has 6 heterocycles. The van der Waals surface area contributed by atoms with Gasteiger partial charge in [0, 0.05) is 109 Å². The number of imide groups is 1. The standard InChI is InChI=1S/C45H52Cl2FN9O6/c1-27(41-34(46)8-9-35(48)42(41)47)63-38-18-29(20-51-43(38)49)30-21-52-57(24-30)31-12-15-55(16-13-31)40(59)26-62-17-4-2-3-14-54-22-28(23-54)19-50-36-7-5-6-32-33(36)25-56(45(32)61)37-10-11-39(58)53-44(37)60/h5-9,18,20-21,24,27-28,31,37,50H,2-4,10-17,19,22-23,25-26H2,1H3,(H2,49,51)(H,53,58,60)/t27-,37?/m0/s1. The largest absolute Gasteiger partial charge is 0.482 e. The number of rotatable bonds is 17. The first-order valence-corrected chi connectivity index (χ1v) is 22.4. The van der Waals surface area contributed by atoms with E-state index in [1.54, 1.807) is 36.4 Å². The number of likely N-dealkylation sites (tertiary alicyclic amines) is 2. The van der Waals surface area contributed by atoms with Gasteiger partial charge in [-0.3, -0.25) is 29.2 Å². The summed E-state index contributed by atoms with van der Waals surface area (Å²) >= 11 is 12.5. The average Bonchev–Trinajstić information content (AvgIpc) is 3.88.